The van der Waals surface area contributed by atoms with E-state index in [1.165, 1.54) is 23.9 Å². The topological polar surface area (TPSA) is 69.0 Å². The highest BCUT2D eigenvalue weighted by Crippen LogP contribution is 2.34. The SMILES string of the molecule is O=C1N=C(N2CCOCC2)SC1=Cc1cn(-c2ccccc2)nc1-c1ccc(OCc2ccc(F)cc2)cc1. The van der Waals surface area contributed by atoms with Crippen LogP contribution in [0.1, 0.15) is 11.1 Å². The van der Waals surface area contributed by atoms with E-state index in [0.717, 1.165) is 41.2 Å². The number of rotatable bonds is 6. The molecule has 0 unspecified atom stereocenters. The Kier molecular flexibility index (Phi) is 7.25. The molecule has 0 N–H and O–H groups in total. The van der Waals surface area contributed by atoms with E-state index in [0.29, 0.717) is 35.6 Å². The fourth-order valence-electron chi connectivity index (χ4n) is 4.32. The van der Waals surface area contributed by atoms with Crippen molar-refractivity contribution in [2.45, 2.75) is 6.61 Å². The maximum atomic E-state index is 13.2. The third kappa shape index (κ3) is 5.79. The summed E-state index contributed by atoms with van der Waals surface area (Å²) in [5, 5.41) is 5.59. The van der Waals surface area contributed by atoms with Crippen molar-refractivity contribution in [3.63, 3.8) is 0 Å². The Hall–Kier alpha value is -4.21. The minimum absolute atomic E-state index is 0.246. The molecule has 0 saturated carbocycles. The maximum absolute atomic E-state index is 13.2. The van der Waals surface area contributed by atoms with Crippen molar-refractivity contribution in [3.05, 3.63) is 107 Å². The predicted molar refractivity (Wildman–Crippen MR) is 150 cm³/mol. The van der Waals surface area contributed by atoms with Gasteiger partial charge in [0.05, 0.1) is 29.5 Å². The molecule has 3 heterocycles. The molecule has 196 valence electrons. The number of nitrogens with zero attached hydrogens (tertiary/aromatic N) is 4. The summed E-state index contributed by atoms with van der Waals surface area (Å²) in [7, 11) is 0. The minimum Gasteiger partial charge on any atom is -0.489 e. The quantitative estimate of drug-likeness (QED) is 0.298. The molecule has 39 heavy (non-hydrogen) atoms. The molecule has 9 heteroatoms. The van der Waals surface area contributed by atoms with Crippen molar-refractivity contribution in [2.75, 3.05) is 26.3 Å². The fraction of sp³-hybridized carbons (Fsp3) is 0.167. The number of hydrogen-bond donors (Lipinski definition) is 0. The smallest absolute Gasteiger partial charge is 0.286 e. The minimum atomic E-state index is -0.273. The molecule has 4 aromatic rings. The summed E-state index contributed by atoms with van der Waals surface area (Å²) in [4.78, 5) is 19.8. The second-order valence-corrected chi connectivity index (χ2v) is 10.1. The first-order valence-electron chi connectivity index (χ1n) is 12.6. The van der Waals surface area contributed by atoms with Crippen LogP contribution >= 0.6 is 11.8 Å². The monoisotopic (exact) mass is 540 g/mol. The lowest BCUT2D eigenvalue weighted by atomic mass is 10.1. The van der Waals surface area contributed by atoms with E-state index >= 15 is 0 Å². The van der Waals surface area contributed by atoms with Gasteiger partial charge in [-0.05, 0) is 71.9 Å². The summed E-state index contributed by atoms with van der Waals surface area (Å²) in [6.45, 7) is 3.04. The Morgan fingerprint density at radius 3 is 2.46 bits per heavy atom. The number of carbonyl (C=O) groups is 1. The van der Waals surface area contributed by atoms with E-state index in [4.69, 9.17) is 14.6 Å². The van der Waals surface area contributed by atoms with Crippen molar-refractivity contribution in [1.82, 2.24) is 14.7 Å². The number of ether oxygens (including phenoxy) is 2. The Morgan fingerprint density at radius 2 is 1.72 bits per heavy atom. The van der Waals surface area contributed by atoms with Gasteiger partial charge in [-0.2, -0.15) is 10.1 Å². The normalized spacial score (nSPS) is 16.5. The summed E-state index contributed by atoms with van der Waals surface area (Å²) >= 11 is 1.39. The van der Waals surface area contributed by atoms with Gasteiger partial charge in [-0.3, -0.25) is 4.79 Å². The van der Waals surface area contributed by atoms with Crippen LogP contribution in [0.4, 0.5) is 4.39 Å². The molecule has 3 aromatic carbocycles. The molecule has 1 saturated heterocycles. The standard InChI is InChI=1S/C30H25FN4O3S/c31-24-10-6-21(7-11-24)20-38-26-12-8-22(9-13-26)28-23(19-35(33-28)25-4-2-1-3-5-25)18-27-29(36)32-30(39-27)34-14-16-37-17-15-34/h1-13,18-19H,14-17,20H2. The predicted octanol–water partition coefficient (Wildman–Crippen LogP) is 5.56. The fourth-order valence-corrected chi connectivity index (χ4v) is 5.27. The van der Waals surface area contributed by atoms with Gasteiger partial charge in [0.1, 0.15) is 18.2 Å². The second-order valence-electron chi connectivity index (χ2n) is 9.06. The molecular formula is C30H25FN4O3S. The van der Waals surface area contributed by atoms with Crippen molar-refractivity contribution in [2.24, 2.45) is 4.99 Å². The van der Waals surface area contributed by atoms with Crippen LogP contribution in [0.3, 0.4) is 0 Å². The zero-order valence-corrected chi connectivity index (χ0v) is 21.8. The van der Waals surface area contributed by atoms with Crippen molar-refractivity contribution in [3.8, 4) is 22.7 Å². The zero-order valence-electron chi connectivity index (χ0n) is 21.0. The van der Waals surface area contributed by atoms with Crippen LogP contribution < -0.4 is 4.74 Å². The number of halogens is 1. The van der Waals surface area contributed by atoms with E-state index in [9.17, 15) is 9.18 Å². The van der Waals surface area contributed by atoms with Crippen LogP contribution in [0.5, 0.6) is 5.75 Å². The first kappa shape index (κ1) is 25.1. The second kappa shape index (κ2) is 11.3. The van der Waals surface area contributed by atoms with Gasteiger partial charge in [-0.15, -0.1) is 0 Å². The molecule has 1 fully saturated rings. The number of para-hydroxylation sites is 1. The summed E-state index contributed by atoms with van der Waals surface area (Å²) in [5.74, 6) is 0.172. The van der Waals surface area contributed by atoms with Crippen LogP contribution in [-0.4, -0.2) is 52.1 Å². The van der Waals surface area contributed by atoms with Crippen LogP contribution in [0, 0.1) is 5.82 Å². The van der Waals surface area contributed by atoms with Gasteiger partial charge < -0.3 is 14.4 Å². The van der Waals surface area contributed by atoms with E-state index in [-0.39, 0.29) is 11.7 Å². The van der Waals surface area contributed by atoms with Gasteiger partial charge in [-0.1, -0.05) is 30.3 Å². The van der Waals surface area contributed by atoms with Crippen molar-refractivity contribution < 1.29 is 18.7 Å². The zero-order chi connectivity index (χ0) is 26.6. The number of amidine groups is 1. The Bertz CT molecular complexity index is 1530. The molecule has 2 aliphatic heterocycles. The molecule has 2 aliphatic rings. The average Bonchev–Trinajstić information content (AvgIpc) is 3.57. The van der Waals surface area contributed by atoms with Crippen LogP contribution in [0.25, 0.3) is 23.0 Å². The number of hydrogen-bond acceptors (Lipinski definition) is 6. The third-order valence-corrected chi connectivity index (χ3v) is 7.43. The number of morpholine rings is 1. The number of aromatic nitrogens is 2. The van der Waals surface area contributed by atoms with Crippen LogP contribution in [0.15, 0.2) is 95.0 Å². The molecule has 1 amide bonds. The van der Waals surface area contributed by atoms with Gasteiger partial charge in [0.2, 0.25) is 0 Å². The van der Waals surface area contributed by atoms with Crippen LogP contribution in [-0.2, 0) is 16.1 Å². The Morgan fingerprint density at radius 1 is 0.974 bits per heavy atom. The molecule has 7 nitrogen and oxygen atoms in total. The average molecular weight is 541 g/mol. The van der Waals surface area contributed by atoms with Crippen molar-refractivity contribution in [1.29, 1.82) is 0 Å². The number of thioether (sulfide) groups is 1. The highest BCUT2D eigenvalue weighted by Gasteiger charge is 2.28. The first-order chi connectivity index (χ1) is 19.1. The van der Waals surface area contributed by atoms with Gasteiger partial charge in [0.25, 0.3) is 5.91 Å². The molecule has 0 bridgehead atoms. The number of carbonyl (C=O) groups excluding carboxylic acids is 1. The molecule has 0 radical (unpaired) electrons. The van der Waals surface area contributed by atoms with Gasteiger partial charge in [0.15, 0.2) is 5.17 Å². The lowest BCUT2D eigenvalue weighted by molar-refractivity contribution is -0.113. The van der Waals surface area contributed by atoms with E-state index in [2.05, 4.69) is 9.89 Å². The lowest BCUT2D eigenvalue weighted by Crippen LogP contribution is -2.38. The number of amides is 1. The van der Waals surface area contributed by atoms with E-state index in [1.54, 1.807) is 12.1 Å². The highest BCUT2D eigenvalue weighted by molar-refractivity contribution is 8.18. The van der Waals surface area contributed by atoms with Gasteiger partial charge in [0, 0.05) is 30.4 Å². The van der Waals surface area contributed by atoms with Gasteiger partial charge >= 0.3 is 0 Å². The summed E-state index contributed by atoms with van der Waals surface area (Å²) in [5.41, 5.74) is 4.24. The third-order valence-electron chi connectivity index (χ3n) is 6.39. The van der Waals surface area contributed by atoms with E-state index in [1.807, 2.05) is 71.6 Å². The molecular weight excluding hydrogens is 515 g/mol. The molecule has 0 spiro atoms. The lowest BCUT2D eigenvalue weighted by Gasteiger charge is -2.27. The Balaban J connectivity index is 1.26. The summed E-state index contributed by atoms with van der Waals surface area (Å²) < 4.78 is 26.3. The summed E-state index contributed by atoms with van der Waals surface area (Å²) in [6, 6.07) is 23.7. The number of aliphatic imine (C=N–C) groups is 1. The molecule has 0 aliphatic carbocycles. The first-order valence-corrected chi connectivity index (χ1v) is 13.4. The molecule has 0 atom stereocenters. The van der Waals surface area contributed by atoms with Crippen molar-refractivity contribution >= 4 is 28.9 Å². The largest absolute Gasteiger partial charge is 0.489 e. The molecule has 6 rings (SSSR count). The number of benzene rings is 3. The van der Waals surface area contributed by atoms with Gasteiger partial charge in [-0.25, -0.2) is 9.07 Å². The molecule has 1 aromatic heterocycles. The van der Waals surface area contributed by atoms with E-state index < -0.39 is 0 Å². The summed E-state index contributed by atoms with van der Waals surface area (Å²) in [6.07, 6.45) is 3.79. The van der Waals surface area contributed by atoms with Crippen LogP contribution in [0.2, 0.25) is 0 Å². The highest BCUT2D eigenvalue weighted by atomic mass is 32.2. The maximum Gasteiger partial charge on any atom is 0.286 e. The Labute approximate surface area is 229 Å².